The van der Waals surface area contributed by atoms with Crippen molar-refractivity contribution >= 4 is 33.4 Å². The van der Waals surface area contributed by atoms with Gasteiger partial charge in [0.1, 0.15) is 0 Å². The molecule has 0 unspecified atom stereocenters. The second kappa shape index (κ2) is 8.91. The van der Waals surface area contributed by atoms with Crippen LogP contribution in [0, 0.1) is 0 Å². The van der Waals surface area contributed by atoms with E-state index in [0.29, 0.717) is 13.0 Å². The summed E-state index contributed by atoms with van der Waals surface area (Å²) < 4.78 is 27.5. The first-order valence-electron chi connectivity index (χ1n) is 9.01. The highest BCUT2D eigenvalue weighted by molar-refractivity contribution is 7.98. The summed E-state index contributed by atoms with van der Waals surface area (Å²) >= 11 is 1.61. The summed E-state index contributed by atoms with van der Waals surface area (Å²) in [7, 11) is -3.59. The average molecular weight is 405 g/mol. The minimum atomic E-state index is -3.59. The van der Waals surface area contributed by atoms with Crippen molar-refractivity contribution in [2.75, 3.05) is 18.1 Å². The van der Waals surface area contributed by atoms with Crippen LogP contribution in [0.15, 0.2) is 64.4 Å². The van der Waals surface area contributed by atoms with Gasteiger partial charge in [0.25, 0.3) is 0 Å². The lowest BCUT2D eigenvalue weighted by Gasteiger charge is -2.34. The third-order valence-electron chi connectivity index (χ3n) is 4.70. The lowest BCUT2D eigenvalue weighted by atomic mass is 10.0. The summed E-state index contributed by atoms with van der Waals surface area (Å²) in [5.41, 5.74) is 0.736. The summed E-state index contributed by atoms with van der Waals surface area (Å²) in [6, 6.07) is 15.8. The Hall–Kier alpha value is -1.83. The zero-order chi connectivity index (χ0) is 19.3. The van der Waals surface area contributed by atoms with E-state index in [0.717, 1.165) is 23.4 Å². The van der Waals surface area contributed by atoms with Gasteiger partial charge in [0, 0.05) is 29.6 Å². The Balaban J connectivity index is 1.73. The zero-order valence-electron chi connectivity index (χ0n) is 15.3. The van der Waals surface area contributed by atoms with E-state index in [-0.39, 0.29) is 23.3 Å². The number of nitrogens with one attached hydrogen (secondary N) is 1. The predicted molar refractivity (Wildman–Crippen MR) is 109 cm³/mol. The molecular formula is C20H24N2O3S2. The monoisotopic (exact) mass is 404 g/mol. The minimum Gasteiger partial charge on any atom is -0.326 e. The van der Waals surface area contributed by atoms with E-state index in [1.54, 1.807) is 42.1 Å². The number of piperidine rings is 1. The number of hydrogen-bond acceptors (Lipinski definition) is 4. The third-order valence-corrected chi connectivity index (χ3v) is 7.39. The van der Waals surface area contributed by atoms with Gasteiger partial charge in [-0.25, -0.2) is 8.42 Å². The molecule has 0 saturated carbocycles. The summed E-state index contributed by atoms with van der Waals surface area (Å²) in [4.78, 5) is 13.9. The van der Waals surface area contributed by atoms with Gasteiger partial charge < -0.3 is 5.32 Å². The molecule has 1 aliphatic heterocycles. The first-order chi connectivity index (χ1) is 13.0. The molecule has 0 aromatic heterocycles. The van der Waals surface area contributed by atoms with Gasteiger partial charge in [-0.3, -0.25) is 4.79 Å². The first kappa shape index (κ1) is 19.9. The fourth-order valence-electron chi connectivity index (χ4n) is 3.35. The summed E-state index contributed by atoms with van der Waals surface area (Å²) in [6.45, 7) is 0.455. The summed E-state index contributed by atoms with van der Waals surface area (Å²) in [5, 5.41) is 2.90. The molecule has 1 fully saturated rings. The molecule has 0 bridgehead atoms. The molecule has 1 heterocycles. The number of rotatable bonds is 6. The lowest BCUT2D eigenvalue weighted by Crippen LogP contribution is -2.45. The van der Waals surface area contributed by atoms with Crippen LogP contribution in [-0.4, -0.2) is 37.5 Å². The molecule has 1 aliphatic rings. The highest BCUT2D eigenvalue weighted by Gasteiger charge is 2.34. The molecule has 144 valence electrons. The molecule has 1 amide bonds. The van der Waals surface area contributed by atoms with Gasteiger partial charge in [0.2, 0.25) is 15.9 Å². The van der Waals surface area contributed by atoms with Crippen molar-refractivity contribution in [3.05, 3.63) is 54.6 Å². The van der Waals surface area contributed by atoms with E-state index in [2.05, 4.69) is 5.32 Å². The Kier molecular flexibility index (Phi) is 6.57. The van der Waals surface area contributed by atoms with Crippen molar-refractivity contribution < 1.29 is 13.2 Å². The molecule has 1 saturated heterocycles. The number of benzene rings is 2. The maximum absolute atomic E-state index is 13.0. The predicted octanol–water partition coefficient (Wildman–Crippen LogP) is 3.98. The molecule has 5 nitrogen and oxygen atoms in total. The van der Waals surface area contributed by atoms with Crippen molar-refractivity contribution in [1.29, 1.82) is 0 Å². The van der Waals surface area contributed by atoms with Gasteiger partial charge >= 0.3 is 0 Å². The van der Waals surface area contributed by atoms with Crippen molar-refractivity contribution in [2.24, 2.45) is 0 Å². The summed E-state index contributed by atoms with van der Waals surface area (Å²) in [6.07, 6.45) is 4.59. The lowest BCUT2D eigenvalue weighted by molar-refractivity contribution is -0.117. The smallest absolute Gasteiger partial charge is 0.243 e. The Labute approximate surface area is 165 Å². The number of thioether (sulfide) groups is 1. The maximum atomic E-state index is 13.0. The van der Waals surface area contributed by atoms with E-state index in [1.807, 2.05) is 30.5 Å². The highest BCUT2D eigenvalue weighted by atomic mass is 32.2. The molecule has 7 heteroatoms. The van der Waals surface area contributed by atoms with Crippen LogP contribution in [0.3, 0.4) is 0 Å². The van der Waals surface area contributed by atoms with E-state index in [1.165, 1.54) is 4.31 Å². The summed E-state index contributed by atoms with van der Waals surface area (Å²) in [5.74, 6) is -0.159. The third kappa shape index (κ3) is 4.91. The van der Waals surface area contributed by atoms with Crippen LogP contribution in [-0.2, 0) is 14.8 Å². The van der Waals surface area contributed by atoms with Gasteiger partial charge in [-0.05, 0) is 49.4 Å². The van der Waals surface area contributed by atoms with Crippen LogP contribution in [0.4, 0.5) is 5.69 Å². The Morgan fingerprint density at radius 3 is 2.67 bits per heavy atom. The quantitative estimate of drug-likeness (QED) is 0.740. The normalized spacial score (nSPS) is 18.2. The number of carbonyl (C=O) groups excluding carboxylic acids is 1. The number of anilines is 1. The van der Waals surface area contributed by atoms with E-state index >= 15 is 0 Å². The maximum Gasteiger partial charge on any atom is 0.243 e. The molecule has 3 rings (SSSR count). The first-order valence-corrected chi connectivity index (χ1v) is 11.7. The molecular weight excluding hydrogens is 380 g/mol. The Morgan fingerprint density at radius 2 is 1.93 bits per heavy atom. The van der Waals surface area contributed by atoms with Crippen molar-refractivity contribution in [1.82, 2.24) is 4.31 Å². The Bertz CT molecular complexity index is 885. The second-order valence-corrected chi connectivity index (χ2v) is 9.33. The number of nitrogens with zero attached hydrogens (tertiary/aromatic N) is 1. The highest BCUT2D eigenvalue weighted by Crippen LogP contribution is 2.27. The van der Waals surface area contributed by atoms with E-state index < -0.39 is 10.0 Å². The molecule has 2 aromatic rings. The fraction of sp³-hybridized carbons (Fsp3) is 0.350. The minimum absolute atomic E-state index is 0.159. The van der Waals surface area contributed by atoms with Crippen molar-refractivity contribution in [3.63, 3.8) is 0 Å². The van der Waals surface area contributed by atoms with Gasteiger partial charge in [-0.2, -0.15) is 4.31 Å². The van der Waals surface area contributed by atoms with Crippen LogP contribution >= 0.6 is 11.8 Å². The average Bonchev–Trinajstić information content (AvgIpc) is 2.69. The second-order valence-electron chi connectivity index (χ2n) is 6.56. The standard InChI is InChI=1S/C20H24N2O3S2/c1-26-18-10-7-8-16(14-18)21-20(23)15-17-9-5-6-13-22(17)27(24,25)19-11-3-2-4-12-19/h2-4,7-8,10-12,14,17H,5-6,9,13,15H2,1H3,(H,21,23)/t17-/m0/s1. The number of hydrogen-bond donors (Lipinski definition) is 1. The van der Waals surface area contributed by atoms with Gasteiger partial charge in [-0.1, -0.05) is 30.7 Å². The van der Waals surface area contributed by atoms with Crippen LogP contribution in [0.2, 0.25) is 0 Å². The number of amides is 1. The van der Waals surface area contributed by atoms with Crippen LogP contribution in [0.25, 0.3) is 0 Å². The van der Waals surface area contributed by atoms with Crippen LogP contribution < -0.4 is 5.32 Å². The van der Waals surface area contributed by atoms with Gasteiger partial charge in [0.15, 0.2) is 0 Å². The van der Waals surface area contributed by atoms with Crippen LogP contribution in [0.1, 0.15) is 25.7 Å². The van der Waals surface area contributed by atoms with Gasteiger partial charge in [-0.15, -0.1) is 11.8 Å². The molecule has 0 radical (unpaired) electrons. The molecule has 1 N–H and O–H groups in total. The molecule has 27 heavy (non-hydrogen) atoms. The van der Waals surface area contributed by atoms with E-state index in [9.17, 15) is 13.2 Å². The van der Waals surface area contributed by atoms with E-state index in [4.69, 9.17) is 0 Å². The molecule has 0 spiro atoms. The topological polar surface area (TPSA) is 66.5 Å². The number of sulfonamides is 1. The van der Waals surface area contributed by atoms with Gasteiger partial charge in [0.05, 0.1) is 4.90 Å². The molecule has 0 aliphatic carbocycles. The fourth-order valence-corrected chi connectivity index (χ4v) is 5.52. The molecule has 1 atom stereocenters. The number of carbonyl (C=O) groups is 1. The SMILES string of the molecule is CSc1cccc(NC(=O)C[C@@H]2CCCCN2S(=O)(=O)c2ccccc2)c1. The Morgan fingerprint density at radius 1 is 1.15 bits per heavy atom. The van der Waals surface area contributed by atoms with Crippen LogP contribution in [0.5, 0.6) is 0 Å². The molecule has 2 aromatic carbocycles. The zero-order valence-corrected chi connectivity index (χ0v) is 16.9. The van der Waals surface area contributed by atoms with Crippen molar-refractivity contribution in [3.8, 4) is 0 Å². The largest absolute Gasteiger partial charge is 0.326 e. The van der Waals surface area contributed by atoms with Crippen molar-refractivity contribution in [2.45, 2.75) is 41.5 Å².